The quantitative estimate of drug-likeness (QED) is 0.281. The average molecular weight is 272 g/mol. The first-order valence-corrected chi connectivity index (χ1v) is 6.30. The van der Waals surface area contributed by atoms with Gasteiger partial charge in [0.1, 0.15) is 6.04 Å². The second kappa shape index (κ2) is 7.60. The Balaban J connectivity index is 4.39. The molecule has 0 aliphatic heterocycles. The zero-order valence-electron chi connectivity index (χ0n) is 11.8. The molecule has 1 unspecified atom stereocenters. The third-order valence-corrected chi connectivity index (χ3v) is 3.05. The Hall–Kier alpha value is -1.79. The fraction of sp³-hybridized carbons (Fsp3) is 0.750. The van der Waals surface area contributed by atoms with Gasteiger partial charge < -0.3 is 21.9 Å². The largest absolute Gasteiger partial charge is 0.480 e. The normalized spacial score (nSPS) is 12.6. The van der Waals surface area contributed by atoms with Crippen LogP contribution in [0.25, 0.3) is 0 Å². The molecule has 0 saturated carbocycles. The summed E-state index contributed by atoms with van der Waals surface area (Å²) in [5.41, 5.74) is 9.76. The van der Waals surface area contributed by atoms with Crippen LogP contribution in [0, 0.1) is 5.41 Å². The van der Waals surface area contributed by atoms with Gasteiger partial charge in [-0.1, -0.05) is 20.8 Å². The van der Waals surface area contributed by atoms with Crippen LogP contribution in [0.5, 0.6) is 0 Å². The molecule has 0 aliphatic carbocycles. The van der Waals surface area contributed by atoms with Gasteiger partial charge in [-0.15, -0.1) is 0 Å². The van der Waals surface area contributed by atoms with Gasteiger partial charge >= 0.3 is 5.97 Å². The standard InChI is InChI=1S/C12H24N4O3/c1-4-12(2,3)10(19)16-8(9(17)18)6-5-7-15-11(13)14/h8H,4-7H2,1-3H3,(H,16,19)(H,17,18)(H4,13,14,15). The van der Waals surface area contributed by atoms with Crippen molar-refractivity contribution in [2.24, 2.45) is 21.9 Å². The first kappa shape index (κ1) is 17.2. The molecule has 0 saturated heterocycles. The molecule has 0 aromatic heterocycles. The van der Waals surface area contributed by atoms with E-state index >= 15 is 0 Å². The highest BCUT2D eigenvalue weighted by atomic mass is 16.4. The lowest BCUT2D eigenvalue weighted by atomic mass is 9.89. The van der Waals surface area contributed by atoms with Crippen molar-refractivity contribution in [3.63, 3.8) is 0 Å². The molecule has 110 valence electrons. The molecular weight excluding hydrogens is 248 g/mol. The summed E-state index contributed by atoms with van der Waals surface area (Å²) in [6, 6.07) is -0.910. The van der Waals surface area contributed by atoms with E-state index in [0.29, 0.717) is 19.4 Å². The number of guanidine groups is 1. The number of aliphatic carboxylic acids is 1. The predicted molar refractivity (Wildman–Crippen MR) is 73.5 cm³/mol. The molecule has 0 rings (SSSR count). The molecule has 0 radical (unpaired) electrons. The van der Waals surface area contributed by atoms with Crippen LogP contribution in [-0.4, -0.2) is 35.5 Å². The highest BCUT2D eigenvalue weighted by Gasteiger charge is 2.29. The number of carbonyl (C=O) groups excluding carboxylic acids is 1. The number of hydrogen-bond acceptors (Lipinski definition) is 3. The van der Waals surface area contributed by atoms with Crippen LogP contribution in [0.1, 0.15) is 40.0 Å². The van der Waals surface area contributed by atoms with Crippen molar-refractivity contribution in [1.82, 2.24) is 5.32 Å². The van der Waals surface area contributed by atoms with E-state index in [-0.39, 0.29) is 18.3 Å². The maximum absolute atomic E-state index is 11.9. The van der Waals surface area contributed by atoms with Gasteiger partial charge in [-0.2, -0.15) is 0 Å². The minimum atomic E-state index is -1.05. The number of nitrogens with zero attached hydrogens (tertiary/aromatic N) is 1. The molecule has 0 aromatic rings. The SMILES string of the molecule is CCC(C)(C)C(=O)NC(CCCN=C(N)N)C(=O)O. The van der Waals surface area contributed by atoms with E-state index in [1.165, 1.54) is 0 Å². The smallest absolute Gasteiger partial charge is 0.326 e. The zero-order valence-corrected chi connectivity index (χ0v) is 11.8. The fourth-order valence-electron chi connectivity index (χ4n) is 1.28. The van der Waals surface area contributed by atoms with E-state index in [0.717, 1.165) is 0 Å². The molecule has 0 heterocycles. The minimum Gasteiger partial charge on any atom is -0.480 e. The number of nitrogens with two attached hydrogens (primary N) is 2. The third kappa shape index (κ3) is 6.64. The zero-order chi connectivity index (χ0) is 15.1. The molecule has 1 atom stereocenters. The van der Waals surface area contributed by atoms with Crippen LogP contribution < -0.4 is 16.8 Å². The summed E-state index contributed by atoms with van der Waals surface area (Å²) in [6.07, 6.45) is 1.42. The van der Waals surface area contributed by atoms with Crippen LogP contribution in [0.4, 0.5) is 0 Å². The van der Waals surface area contributed by atoms with E-state index in [1.54, 1.807) is 13.8 Å². The van der Waals surface area contributed by atoms with Gasteiger partial charge in [0, 0.05) is 12.0 Å². The van der Waals surface area contributed by atoms with Crippen LogP contribution in [0.15, 0.2) is 4.99 Å². The molecule has 0 bridgehead atoms. The molecule has 6 N–H and O–H groups in total. The van der Waals surface area contributed by atoms with E-state index in [2.05, 4.69) is 10.3 Å². The first-order valence-electron chi connectivity index (χ1n) is 6.30. The lowest BCUT2D eigenvalue weighted by Crippen LogP contribution is -2.46. The van der Waals surface area contributed by atoms with Crippen LogP contribution in [-0.2, 0) is 9.59 Å². The molecule has 1 amide bonds. The number of carboxylic acids is 1. The molecule has 0 fully saturated rings. The maximum atomic E-state index is 11.9. The lowest BCUT2D eigenvalue weighted by molar-refractivity contribution is -0.143. The van der Waals surface area contributed by atoms with Gasteiger partial charge in [-0.25, -0.2) is 4.79 Å². The summed E-state index contributed by atoms with van der Waals surface area (Å²) < 4.78 is 0. The topological polar surface area (TPSA) is 131 Å². The lowest BCUT2D eigenvalue weighted by Gasteiger charge is -2.24. The minimum absolute atomic E-state index is 0.0250. The Morgan fingerprint density at radius 2 is 1.95 bits per heavy atom. The Morgan fingerprint density at radius 1 is 1.37 bits per heavy atom. The molecule has 0 aliphatic rings. The number of rotatable bonds is 8. The molecule has 0 spiro atoms. The van der Waals surface area contributed by atoms with Crippen molar-refractivity contribution in [3.8, 4) is 0 Å². The number of hydrogen-bond donors (Lipinski definition) is 4. The van der Waals surface area contributed by atoms with Crippen molar-refractivity contribution >= 4 is 17.8 Å². The summed E-state index contributed by atoms with van der Waals surface area (Å²) in [5, 5.41) is 11.6. The Bertz CT molecular complexity index is 349. The maximum Gasteiger partial charge on any atom is 0.326 e. The van der Waals surface area contributed by atoms with Gasteiger partial charge in [0.05, 0.1) is 0 Å². The molecule has 0 aromatic carbocycles. The second-order valence-electron chi connectivity index (χ2n) is 5.05. The van der Waals surface area contributed by atoms with Crippen LogP contribution >= 0.6 is 0 Å². The molecule has 7 nitrogen and oxygen atoms in total. The summed E-state index contributed by atoms with van der Waals surface area (Å²) in [5.74, 6) is -1.34. The van der Waals surface area contributed by atoms with E-state index in [4.69, 9.17) is 16.6 Å². The van der Waals surface area contributed by atoms with Gasteiger partial charge in [-0.05, 0) is 19.3 Å². The second-order valence-corrected chi connectivity index (χ2v) is 5.05. The number of amides is 1. The predicted octanol–water partition coefficient (Wildman–Crippen LogP) is 0.0456. The molecular formula is C12H24N4O3. The molecule has 7 heteroatoms. The van der Waals surface area contributed by atoms with Crippen molar-refractivity contribution in [2.45, 2.75) is 46.1 Å². The summed E-state index contributed by atoms with van der Waals surface area (Å²) >= 11 is 0. The third-order valence-electron chi connectivity index (χ3n) is 3.05. The Morgan fingerprint density at radius 3 is 2.37 bits per heavy atom. The van der Waals surface area contributed by atoms with Gasteiger partial charge in [0.25, 0.3) is 0 Å². The number of aliphatic imine (C=N–C) groups is 1. The highest BCUT2D eigenvalue weighted by Crippen LogP contribution is 2.20. The van der Waals surface area contributed by atoms with Crippen molar-refractivity contribution in [3.05, 3.63) is 0 Å². The molecule has 19 heavy (non-hydrogen) atoms. The summed E-state index contributed by atoms with van der Waals surface area (Å²) in [7, 11) is 0. The van der Waals surface area contributed by atoms with Crippen molar-refractivity contribution in [2.75, 3.05) is 6.54 Å². The summed E-state index contributed by atoms with van der Waals surface area (Å²) in [4.78, 5) is 26.8. The van der Waals surface area contributed by atoms with Crippen LogP contribution in [0.2, 0.25) is 0 Å². The Kier molecular flexibility index (Phi) is 6.89. The average Bonchev–Trinajstić information content (AvgIpc) is 2.31. The summed E-state index contributed by atoms with van der Waals surface area (Å²) in [6.45, 7) is 5.79. The number of carbonyl (C=O) groups is 2. The first-order chi connectivity index (χ1) is 8.70. The Labute approximate surface area is 113 Å². The monoisotopic (exact) mass is 272 g/mol. The fourth-order valence-corrected chi connectivity index (χ4v) is 1.28. The van der Waals surface area contributed by atoms with Crippen molar-refractivity contribution in [1.29, 1.82) is 0 Å². The van der Waals surface area contributed by atoms with Gasteiger partial charge in [0.2, 0.25) is 5.91 Å². The van der Waals surface area contributed by atoms with E-state index < -0.39 is 17.4 Å². The van der Waals surface area contributed by atoms with Gasteiger partial charge in [0.15, 0.2) is 5.96 Å². The highest BCUT2D eigenvalue weighted by molar-refractivity contribution is 5.86. The van der Waals surface area contributed by atoms with E-state index in [9.17, 15) is 9.59 Å². The van der Waals surface area contributed by atoms with E-state index in [1.807, 2.05) is 6.92 Å². The number of carboxylic acid groups (broad SMARTS) is 1. The number of nitrogens with one attached hydrogen (secondary N) is 1. The van der Waals surface area contributed by atoms with Crippen LogP contribution in [0.3, 0.4) is 0 Å². The van der Waals surface area contributed by atoms with Gasteiger partial charge in [-0.3, -0.25) is 9.79 Å². The van der Waals surface area contributed by atoms with Crippen molar-refractivity contribution < 1.29 is 14.7 Å².